The summed E-state index contributed by atoms with van der Waals surface area (Å²) >= 11 is 1.30. The van der Waals surface area contributed by atoms with Gasteiger partial charge in [-0.3, -0.25) is 4.79 Å². The summed E-state index contributed by atoms with van der Waals surface area (Å²) in [5.41, 5.74) is 4.99. The number of carbonyl (C=O) groups excluding carboxylic acids is 1. The van der Waals surface area contributed by atoms with Crippen LogP contribution in [0, 0.1) is 27.7 Å². The molecule has 128 valence electrons. The lowest BCUT2D eigenvalue weighted by Crippen LogP contribution is -2.12. The third kappa shape index (κ3) is 4.03. The van der Waals surface area contributed by atoms with Gasteiger partial charge in [-0.2, -0.15) is 0 Å². The second-order valence-corrected chi connectivity index (χ2v) is 7.08. The minimum absolute atomic E-state index is 0.156. The second-order valence-electron chi connectivity index (χ2n) is 6.05. The van der Waals surface area contributed by atoms with E-state index in [0.717, 1.165) is 33.9 Å². The van der Waals surface area contributed by atoms with Crippen LogP contribution in [0.15, 0.2) is 36.5 Å². The molecule has 5 nitrogen and oxygen atoms in total. The first kappa shape index (κ1) is 17.1. The lowest BCUT2D eigenvalue weighted by Gasteiger charge is -2.10. The molecule has 0 aliphatic carbocycles. The zero-order valence-corrected chi connectivity index (χ0v) is 15.5. The Labute approximate surface area is 151 Å². The molecule has 0 spiro atoms. The van der Waals surface area contributed by atoms with E-state index in [2.05, 4.69) is 20.6 Å². The molecule has 0 aliphatic rings. The monoisotopic (exact) mass is 352 g/mol. The van der Waals surface area contributed by atoms with Crippen molar-refractivity contribution < 1.29 is 4.79 Å². The number of hydrogen-bond donors (Lipinski definition) is 2. The van der Waals surface area contributed by atoms with Crippen LogP contribution in [0.5, 0.6) is 0 Å². The first-order valence-electron chi connectivity index (χ1n) is 7.98. The Morgan fingerprint density at radius 3 is 2.48 bits per heavy atom. The van der Waals surface area contributed by atoms with Crippen LogP contribution in [0.25, 0.3) is 0 Å². The van der Waals surface area contributed by atoms with E-state index in [9.17, 15) is 4.79 Å². The number of thiazole rings is 1. The van der Waals surface area contributed by atoms with Crippen molar-refractivity contribution >= 4 is 33.9 Å². The molecule has 6 heteroatoms. The molecule has 3 rings (SSSR count). The lowest BCUT2D eigenvalue weighted by atomic mass is 10.1. The molecule has 0 atom stereocenters. The maximum absolute atomic E-state index is 12.5. The number of carbonyl (C=O) groups is 1. The molecule has 3 aromatic rings. The highest BCUT2D eigenvalue weighted by Gasteiger charge is 2.13. The summed E-state index contributed by atoms with van der Waals surface area (Å²) in [5, 5.41) is 6.78. The van der Waals surface area contributed by atoms with Crippen molar-refractivity contribution in [3.63, 3.8) is 0 Å². The van der Waals surface area contributed by atoms with Crippen LogP contribution in [0.1, 0.15) is 32.1 Å². The average molecular weight is 352 g/mol. The van der Waals surface area contributed by atoms with Crippen molar-refractivity contribution in [2.24, 2.45) is 0 Å². The zero-order chi connectivity index (χ0) is 18.0. The fourth-order valence-corrected chi connectivity index (χ4v) is 3.36. The summed E-state index contributed by atoms with van der Waals surface area (Å²) in [6.07, 6.45) is 1.58. The van der Waals surface area contributed by atoms with Crippen LogP contribution in [-0.2, 0) is 0 Å². The summed E-state index contributed by atoms with van der Waals surface area (Å²) in [5.74, 6) is 0.574. The Bertz CT molecular complexity index is 892. The van der Waals surface area contributed by atoms with E-state index >= 15 is 0 Å². The molecule has 2 aromatic heterocycles. The molecule has 0 aliphatic heterocycles. The summed E-state index contributed by atoms with van der Waals surface area (Å²) in [6.45, 7) is 7.93. The Morgan fingerprint density at radius 1 is 1.08 bits per heavy atom. The van der Waals surface area contributed by atoms with E-state index in [4.69, 9.17) is 0 Å². The minimum Gasteiger partial charge on any atom is -0.321 e. The predicted molar refractivity (Wildman–Crippen MR) is 103 cm³/mol. The van der Waals surface area contributed by atoms with Gasteiger partial charge in [0, 0.05) is 11.4 Å². The van der Waals surface area contributed by atoms with Gasteiger partial charge in [-0.05, 0) is 56.5 Å². The highest BCUT2D eigenvalue weighted by Crippen LogP contribution is 2.25. The van der Waals surface area contributed by atoms with E-state index in [1.165, 1.54) is 11.3 Å². The summed E-state index contributed by atoms with van der Waals surface area (Å²) in [6, 6.07) is 9.90. The number of aromatic nitrogens is 2. The summed E-state index contributed by atoms with van der Waals surface area (Å²) < 4.78 is 0. The number of hydrogen-bond acceptors (Lipinski definition) is 5. The number of anilines is 3. The molecule has 25 heavy (non-hydrogen) atoms. The zero-order valence-electron chi connectivity index (χ0n) is 14.7. The molecule has 2 N–H and O–H groups in total. The Morgan fingerprint density at radius 2 is 1.80 bits per heavy atom. The van der Waals surface area contributed by atoms with Gasteiger partial charge in [0.05, 0.1) is 6.20 Å². The van der Waals surface area contributed by atoms with Gasteiger partial charge in [-0.1, -0.05) is 29.5 Å². The molecule has 0 saturated carbocycles. The molecule has 0 unspecified atom stereocenters. The predicted octanol–water partition coefficient (Wildman–Crippen LogP) is 4.77. The van der Waals surface area contributed by atoms with Crippen molar-refractivity contribution in [2.75, 3.05) is 10.6 Å². The standard InChI is InChI=1S/C19H20N4OS/c1-11-8-14(4)21-16(9-11)22-19-20-10-15(25-19)18(24)23-17-12(2)6-5-7-13(17)3/h5-10H,1-4H3,(H,23,24)(H,20,21,22). The van der Waals surface area contributed by atoms with E-state index < -0.39 is 0 Å². The van der Waals surface area contributed by atoms with Crippen LogP contribution in [0.4, 0.5) is 16.6 Å². The van der Waals surface area contributed by atoms with Gasteiger partial charge < -0.3 is 10.6 Å². The first-order chi connectivity index (χ1) is 11.9. The third-order valence-corrected chi connectivity index (χ3v) is 4.69. The van der Waals surface area contributed by atoms with Crippen molar-refractivity contribution in [1.29, 1.82) is 0 Å². The summed E-state index contributed by atoms with van der Waals surface area (Å²) in [7, 11) is 0. The van der Waals surface area contributed by atoms with E-state index in [0.29, 0.717) is 10.0 Å². The van der Waals surface area contributed by atoms with Crippen LogP contribution in [-0.4, -0.2) is 15.9 Å². The first-order valence-corrected chi connectivity index (χ1v) is 8.80. The van der Waals surface area contributed by atoms with Gasteiger partial charge >= 0.3 is 0 Å². The van der Waals surface area contributed by atoms with Gasteiger partial charge in [-0.15, -0.1) is 0 Å². The number of aryl methyl sites for hydroxylation is 4. The van der Waals surface area contributed by atoms with Crippen molar-refractivity contribution in [2.45, 2.75) is 27.7 Å². The Kier molecular flexibility index (Phi) is 4.81. The largest absolute Gasteiger partial charge is 0.321 e. The smallest absolute Gasteiger partial charge is 0.267 e. The highest BCUT2D eigenvalue weighted by atomic mass is 32.1. The molecule has 0 saturated heterocycles. The molecule has 1 aromatic carbocycles. The Balaban J connectivity index is 1.75. The molecule has 2 heterocycles. The topological polar surface area (TPSA) is 66.9 Å². The van der Waals surface area contributed by atoms with E-state index in [1.54, 1.807) is 6.20 Å². The number of para-hydroxylation sites is 1. The van der Waals surface area contributed by atoms with Gasteiger partial charge in [0.2, 0.25) is 0 Å². The number of pyridine rings is 1. The van der Waals surface area contributed by atoms with Crippen LogP contribution in [0.2, 0.25) is 0 Å². The fraction of sp³-hybridized carbons (Fsp3) is 0.211. The maximum Gasteiger partial charge on any atom is 0.267 e. The number of benzene rings is 1. The SMILES string of the molecule is Cc1cc(C)nc(Nc2ncc(C(=O)Nc3c(C)cccc3C)s2)c1. The number of rotatable bonds is 4. The van der Waals surface area contributed by atoms with Crippen molar-refractivity contribution in [3.05, 3.63) is 63.8 Å². The highest BCUT2D eigenvalue weighted by molar-refractivity contribution is 7.17. The van der Waals surface area contributed by atoms with Gasteiger partial charge in [0.1, 0.15) is 10.7 Å². The molecule has 0 radical (unpaired) electrons. The molecular weight excluding hydrogens is 332 g/mol. The normalized spacial score (nSPS) is 10.6. The number of nitrogens with one attached hydrogen (secondary N) is 2. The maximum atomic E-state index is 12.5. The molecular formula is C19H20N4OS. The summed E-state index contributed by atoms with van der Waals surface area (Å²) in [4.78, 5) is 21.8. The van der Waals surface area contributed by atoms with Crippen LogP contribution in [0.3, 0.4) is 0 Å². The Hall–Kier alpha value is -2.73. The van der Waals surface area contributed by atoms with Gasteiger partial charge in [0.25, 0.3) is 5.91 Å². The van der Waals surface area contributed by atoms with Crippen LogP contribution >= 0.6 is 11.3 Å². The fourth-order valence-electron chi connectivity index (χ4n) is 2.64. The van der Waals surface area contributed by atoms with Gasteiger partial charge in [-0.25, -0.2) is 9.97 Å². The minimum atomic E-state index is -0.156. The average Bonchev–Trinajstić information content (AvgIpc) is 2.98. The molecule has 0 bridgehead atoms. The number of nitrogens with zero attached hydrogens (tertiary/aromatic N) is 2. The van der Waals surface area contributed by atoms with Crippen molar-refractivity contribution in [3.8, 4) is 0 Å². The van der Waals surface area contributed by atoms with E-state index in [-0.39, 0.29) is 5.91 Å². The lowest BCUT2D eigenvalue weighted by molar-refractivity contribution is 0.103. The quantitative estimate of drug-likeness (QED) is 0.710. The molecule has 0 fully saturated rings. The van der Waals surface area contributed by atoms with E-state index in [1.807, 2.05) is 58.0 Å². The van der Waals surface area contributed by atoms with Crippen LogP contribution < -0.4 is 10.6 Å². The third-order valence-electron chi connectivity index (χ3n) is 3.78. The van der Waals surface area contributed by atoms with Gasteiger partial charge in [0.15, 0.2) is 5.13 Å². The number of amides is 1. The second kappa shape index (κ2) is 7.03. The molecule has 1 amide bonds. The van der Waals surface area contributed by atoms with Crippen molar-refractivity contribution in [1.82, 2.24) is 9.97 Å².